The summed E-state index contributed by atoms with van der Waals surface area (Å²) in [5.41, 5.74) is 1.08. The van der Waals surface area contributed by atoms with E-state index in [9.17, 15) is 4.79 Å². The summed E-state index contributed by atoms with van der Waals surface area (Å²) >= 11 is 7.30. The third kappa shape index (κ3) is 3.97. The van der Waals surface area contributed by atoms with Gasteiger partial charge in [0.15, 0.2) is 0 Å². The van der Waals surface area contributed by atoms with Crippen LogP contribution < -0.4 is 5.32 Å². The highest BCUT2D eigenvalue weighted by Crippen LogP contribution is 2.19. The molecule has 0 bridgehead atoms. The van der Waals surface area contributed by atoms with Gasteiger partial charge in [-0.25, -0.2) is 4.98 Å². The van der Waals surface area contributed by atoms with Crippen molar-refractivity contribution < 1.29 is 14.1 Å². The number of methoxy groups -OCH3 is 1. The van der Waals surface area contributed by atoms with E-state index >= 15 is 0 Å². The molecule has 0 unspecified atom stereocenters. The Labute approximate surface area is 146 Å². The van der Waals surface area contributed by atoms with Crippen LogP contribution in [0, 0.1) is 0 Å². The van der Waals surface area contributed by atoms with E-state index in [2.05, 4.69) is 20.4 Å². The van der Waals surface area contributed by atoms with Crippen LogP contribution in [0.4, 0.5) is 0 Å². The number of nitrogens with one attached hydrogen (secondary N) is 1. The second-order valence-electron chi connectivity index (χ2n) is 4.76. The maximum Gasteiger partial charge on any atom is 0.271 e. The number of hydrogen-bond acceptors (Lipinski definition) is 7. The molecule has 0 radical (unpaired) electrons. The predicted octanol–water partition coefficient (Wildman–Crippen LogP) is 2.92. The van der Waals surface area contributed by atoms with Crippen molar-refractivity contribution in [2.24, 2.45) is 0 Å². The molecule has 0 spiro atoms. The van der Waals surface area contributed by atoms with Crippen molar-refractivity contribution in [2.75, 3.05) is 7.11 Å². The van der Waals surface area contributed by atoms with Gasteiger partial charge in [0.2, 0.25) is 11.7 Å². The molecule has 1 amide bonds. The summed E-state index contributed by atoms with van der Waals surface area (Å²) < 4.78 is 10.1. The smallest absolute Gasteiger partial charge is 0.271 e. The quantitative estimate of drug-likeness (QED) is 0.723. The van der Waals surface area contributed by atoms with E-state index in [-0.39, 0.29) is 12.5 Å². The monoisotopic (exact) mass is 364 g/mol. The van der Waals surface area contributed by atoms with Gasteiger partial charge in [-0.15, -0.1) is 11.3 Å². The number of carbonyl (C=O) groups excluding carboxylic acids is 1. The number of rotatable bonds is 6. The topological polar surface area (TPSA) is 90.1 Å². The van der Waals surface area contributed by atoms with Gasteiger partial charge in [0.25, 0.3) is 5.91 Å². The Balaban J connectivity index is 1.61. The summed E-state index contributed by atoms with van der Waals surface area (Å²) in [5.74, 6) is 0.402. The first-order valence-electron chi connectivity index (χ1n) is 6.96. The van der Waals surface area contributed by atoms with Gasteiger partial charge in [0.05, 0.1) is 13.2 Å². The van der Waals surface area contributed by atoms with Crippen LogP contribution in [0.3, 0.4) is 0 Å². The van der Waals surface area contributed by atoms with Crippen molar-refractivity contribution in [1.29, 1.82) is 0 Å². The summed E-state index contributed by atoms with van der Waals surface area (Å²) in [5, 5.41) is 9.57. The summed E-state index contributed by atoms with van der Waals surface area (Å²) in [6.45, 7) is 0.494. The summed E-state index contributed by atoms with van der Waals surface area (Å²) in [7, 11) is 1.58. The maximum absolute atomic E-state index is 12.0. The molecule has 0 fully saturated rings. The van der Waals surface area contributed by atoms with E-state index in [0.717, 1.165) is 10.6 Å². The zero-order valence-electron chi connectivity index (χ0n) is 12.7. The number of ether oxygens (including phenoxy) is 1. The minimum atomic E-state index is -0.309. The number of hydrogen-bond donors (Lipinski definition) is 1. The first kappa shape index (κ1) is 16.6. The number of halogens is 1. The van der Waals surface area contributed by atoms with Crippen LogP contribution in [-0.4, -0.2) is 28.1 Å². The Kier molecular flexibility index (Phi) is 5.19. The highest BCUT2D eigenvalue weighted by molar-refractivity contribution is 7.09. The normalized spacial score (nSPS) is 10.8. The van der Waals surface area contributed by atoms with Gasteiger partial charge in [0, 0.05) is 23.1 Å². The lowest BCUT2D eigenvalue weighted by Crippen LogP contribution is -2.23. The fourth-order valence-corrected chi connectivity index (χ4v) is 2.86. The first-order chi connectivity index (χ1) is 11.7. The Morgan fingerprint density at radius 3 is 3.08 bits per heavy atom. The van der Waals surface area contributed by atoms with Crippen LogP contribution in [0.1, 0.15) is 21.4 Å². The fraction of sp³-hybridized carbons (Fsp3) is 0.200. The highest BCUT2D eigenvalue weighted by Gasteiger charge is 2.13. The van der Waals surface area contributed by atoms with Gasteiger partial charge in [0.1, 0.15) is 10.7 Å². The molecule has 3 rings (SSSR count). The third-order valence-electron chi connectivity index (χ3n) is 3.00. The SMILES string of the molecule is COCc1nc(C(=O)NCc2nc(-c3cccc(Cl)c3)no2)cs1. The van der Waals surface area contributed by atoms with Crippen LogP contribution in [0.5, 0.6) is 0 Å². The average molecular weight is 365 g/mol. The van der Waals surface area contributed by atoms with E-state index in [0.29, 0.717) is 29.0 Å². The van der Waals surface area contributed by atoms with Crippen molar-refractivity contribution in [1.82, 2.24) is 20.4 Å². The minimum Gasteiger partial charge on any atom is -0.378 e. The lowest BCUT2D eigenvalue weighted by Gasteiger charge is -1.98. The van der Waals surface area contributed by atoms with Crippen molar-refractivity contribution in [3.05, 3.63) is 51.3 Å². The summed E-state index contributed by atoms with van der Waals surface area (Å²) in [4.78, 5) is 20.4. The standard InChI is InChI=1S/C15H13ClN4O3S/c1-22-7-13-18-11(8-24-13)15(21)17-6-12-19-14(20-23-12)9-3-2-4-10(16)5-9/h2-5,8H,6-7H2,1H3,(H,17,21). The lowest BCUT2D eigenvalue weighted by molar-refractivity contribution is 0.0941. The Morgan fingerprint density at radius 2 is 2.29 bits per heavy atom. The molecule has 2 heterocycles. The number of thiazole rings is 1. The van der Waals surface area contributed by atoms with Crippen molar-refractivity contribution in [3.63, 3.8) is 0 Å². The molecule has 0 saturated carbocycles. The van der Waals surface area contributed by atoms with Crippen molar-refractivity contribution in [2.45, 2.75) is 13.2 Å². The average Bonchev–Trinajstić information content (AvgIpc) is 3.22. The van der Waals surface area contributed by atoms with Gasteiger partial charge < -0.3 is 14.6 Å². The molecule has 1 N–H and O–H groups in total. The van der Waals surface area contributed by atoms with Crippen LogP contribution in [-0.2, 0) is 17.9 Å². The Morgan fingerprint density at radius 1 is 1.42 bits per heavy atom. The molecule has 7 nitrogen and oxygen atoms in total. The fourth-order valence-electron chi connectivity index (χ4n) is 1.92. The number of benzene rings is 1. The molecule has 0 atom stereocenters. The molecule has 124 valence electrons. The molecular weight excluding hydrogens is 352 g/mol. The van der Waals surface area contributed by atoms with E-state index in [1.807, 2.05) is 6.07 Å². The van der Waals surface area contributed by atoms with Gasteiger partial charge in [-0.3, -0.25) is 4.79 Å². The van der Waals surface area contributed by atoms with E-state index in [1.165, 1.54) is 11.3 Å². The molecule has 2 aromatic heterocycles. The molecular formula is C15H13ClN4O3S. The van der Waals surface area contributed by atoms with Crippen LogP contribution >= 0.6 is 22.9 Å². The zero-order valence-corrected chi connectivity index (χ0v) is 14.2. The second kappa shape index (κ2) is 7.52. The lowest BCUT2D eigenvalue weighted by atomic mass is 10.2. The zero-order chi connectivity index (χ0) is 16.9. The number of aromatic nitrogens is 3. The first-order valence-corrected chi connectivity index (χ1v) is 8.21. The predicted molar refractivity (Wildman–Crippen MR) is 88.7 cm³/mol. The Hall–Kier alpha value is -2.29. The van der Waals surface area contributed by atoms with Gasteiger partial charge in [-0.2, -0.15) is 4.98 Å². The second-order valence-corrected chi connectivity index (χ2v) is 6.14. The molecule has 24 heavy (non-hydrogen) atoms. The maximum atomic E-state index is 12.0. The van der Waals surface area contributed by atoms with E-state index in [4.69, 9.17) is 20.9 Å². The van der Waals surface area contributed by atoms with Gasteiger partial charge in [-0.05, 0) is 12.1 Å². The largest absolute Gasteiger partial charge is 0.378 e. The third-order valence-corrected chi connectivity index (χ3v) is 4.06. The molecule has 0 aliphatic heterocycles. The van der Waals surface area contributed by atoms with Crippen LogP contribution in [0.15, 0.2) is 34.2 Å². The van der Waals surface area contributed by atoms with E-state index < -0.39 is 0 Å². The molecule has 1 aromatic carbocycles. The van der Waals surface area contributed by atoms with Crippen molar-refractivity contribution in [3.8, 4) is 11.4 Å². The molecule has 0 aliphatic carbocycles. The van der Waals surface area contributed by atoms with Crippen LogP contribution in [0.2, 0.25) is 5.02 Å². The van der Waals surface area contributed by atoms with Gasteiger partial charge >= 0.3 is 0 Å². The molecule has 0 saturated heterocycles. The Bertz CT molecular complexity index is 849. The van der Waals surface area contributed by atoms with E-state index in [1.54, 1.807) is 30.7 Å². The molecule has 9 heteroatoms. The molecule has 3 aromatic rings. The minimum absolute atomic E-state index is 0.115. The highest BCUT2D eigenvalue weighted by atomic mass is 35.5. The number of nitrogens with zero attached hydrogens (tertiary/aromatic N) is 3. The molecule has 0 aliphatic rings. The summed E-state index contributed by atoms with van der Waals surface area (Å²) in [6, 6.07) is 7.13. The van der Waals surface area contributed by atoms with Crippen LogP contribution in [0.25, 0.3) is 11.4 Å². The number of amides is 1. The summed E-state index contributed by atoms with van der Waals surface area (Å²) in [6.07, 6.45) is 0. The van der Waals surface area contributed by atoms with Gasteiger partial charge in [-0.1, -0.05) is 28.9 Å². The number of carbonyl (C=O) groups is 1. The van der Waals surface area contributed by atoms with Crippen molar-refractivity contribution >= 4 is 28.8 Å².